The lowest BCUT2D eigenvalue weighted by molar-refractivity contribution is 0.751. The third-order valence-corrected chi connectivity index (χ3v) is 2.86. The maximum atomic E-state index is 4.44. The first kappa shape index (κ1) is 10.2. The Morgan fingerprint density at radius 2 is 2.20 bits per heavy atom. The summed E-state index contributed by atoms with van der Waals surface area (Å²) in [6.45, 7) is 3.13. The average molecular weight is 203 g/mol. The van der Waals surface area contributed by atoms with Gasteiger partial charge in [-0.3, -0.25) is 4.68 Å². The van der Waals surface area contributed by atoms with Gasteiger partial charge in [-0.2, -0.15) is 5.10 Å². The highest BCUT2D eigenvalue weighted by molar-refractivity contribution is 5.82. The fourth-order valence-electron chi connectivity index (χ4n) is 1.80. The van der Waals surface area contributed by atoms with Gasteiger partial charge in [0.1, 0.15) is 0 Å². The third-order valence-electron chi connectivity index (χ3n) is 2.86. The zero-order valence-corrected chi connectivity index (χ0v) is 9.54. The molecule has 0 amide bonds. The van der Waals surface area contributed by atoms with Crippen LogP contribution in [0.4, 0.5) is 0 Å². The van der Waals surface area contributed by atoms with Gasteiger partial charge >= 0.3 is 0 Å². The number of likely N-dealkylation sites (N-methyl/N-ethyl adjacent to an activating group) is 1. The normalized spacial score (nSPS) is 11.1. The standard InChI is InChI=1S/C12H17N3/c1-9-11-8-10(6-7-13-2)4-5-12(11)14-15(9)3/h4-5,8,13H,6-7H2,1-3H3. The number of aryl methyl sites for hydroxylation is 2. The molecule has 3 heteroatoms. The van der Waals surface area contributed by atoms with Gasteiger partial charge in [0, 0.05) is 18.1 Å². The summed E-state index contributed by atoms with van der Waals surface area (Å²) in [5, 5.41) is 8.87. The van der Waals surface area contributed by atoms with E-state index in [0.29, 0.717) is 0 Å². The molecule has 0 aliphatic carbocycles. The van der Waals surface area contributed by atoms with Gasteiger partial charge in [0.25, 0.3) is 0 Å². The minimum atomic E-state index is 1.02. The average Bonchev–Trinajstić information content (AvgIpc) is 2.52. The van der Waals surface area contributed by atoms with E-state index in [9.17, 15) is 0 Å². The van der Waals surface area contributed by atoms with Crippen LogP contribution in [0.1, 0.15) is 11.3 Å². The Balaban J connectivity index is 2.41. The first-order valence-electron chi connectivity index (χ1n) is 5.29. The Morgan fingerprint density at radius 3 is 2.93 bits per heavy atom. The van der Waals surface area contributed by atoms with Gasteiger partial charge in [-0.05, 0) is 44.6 Å². The third kappa shape index (κ3) is 1.88. The highest BCUT2D eigenvalue weighted by Crippen LogP contribution is 2.18. The molecule has 0 spiro atoms. The summed E-state index contributed by atoms with van der Waals surface area (Å²) in [5.74, 6) is 0. The van der Waals surface area contributed by atoms with E-state index in [-0.39, 0.29) is 0 Å². The van der Waals surface area contributed by atoms with Crippen LogP contribution in [-0.4, -0.2) is 23.4 Å². The molecule has 15 heavy (non-hydrogen) atoms. The van der Waals surface area contributed by atoms with E-state index in [1.807, 2.05) is 18.8 Å². The maximum absolute atomic E-state index is 4.44. The molecule has 2 rings (SSSR count). The van der Waals surface area contributed by atoms with Crippen molar-refractivity contribution in [1.82, 2.24) is 15.1 Å². The number of nitrogens with zero attached hydrogens (tertiary/aromatic N) is 2. The molecule has 1 heterocycles. The SMILES string of the molecule is CNCCc1ccc2nn(C)c(C)c2c1. The van der Waals surface area contributed by atoms with Crippen LogP contribution in [-0.2, 0) is 13.5 Å². The van der Waals surface area contributed by atoms with E-state index in [4.69, 9.17) is 0 Å². The Morgan fingerprint density at radius 1 is 1.40 bits per heavy atom. The van der Waals surface area contributed by atoms with Crippen LogP contribution in [0.25, 0.3) is 10.9 Å². The molecule has 0 fully saturated rings. The van der Waals surface area contributed by atoms with Crippen molar-refractivity contribution in [3.05, 3.63) is 29.5 Å². The van der Waals surface area contributed by atoms with Crippen LogP contribution in [0.2, 0.25) is 0 Å². The first-order valence-corrected chi connectivity index (χ1v) is 5.29. The number of hydrogen-bond donors (Lipinski definition) is 1. The minimum Gasteiger partial charge on any atom is -0.319 e. The van der Waals surface area contributed by atoms with E-state index in [0.717, 1.165) is 18.5 Å². The van der Waals surface area contributed by atoms with Crippen LogP contribution >= 0.6 is 0 Å². The van der Waals surface area contributed by atoms with Crippen LogP contribution in [0.15, 0.2) is 18.2 Å². The van der Waals surface area contributed by atoms with Crippen LogP contribution < -0.4 is 5.32 Å². The van der Waals surface area contributed by atoms with E-state index in [1.165, 1.54) is 16.6 Å². The second kappa shape index (κ2) is 4.03. The molecule has 1 N–H and O–H groups in total. The van der Waals surface area contributed by atoms with Crippen molar-refractivity contribution in [3.63, 3.8) is 0 Å². The molecule has 0 aliphatic rings. The number of hydrogen-bond acceptors (Lipinski definition) is 2. The lowest BCUT2D eigenvalue weighted by atomic mass is 10.1. The van der Waals surface area contributed by atoms with Gasteiger partial charge in [-0.15, -0.1) is 0 Å². The fraction of sp³-hybridized carbons (Fsp3) is 0.417. The molecule has 2 aromatic rings. The van der Waals surface area contributed by atoms with E-state index in [1.54, 1.807) is 0 Å². The summed E-state index contributed by atoms with van der Waals surface area (Å²) in [6.07, 6.45) is 1.07. The van der Waals surface area contributed by atoms with E-state index in [2.05, 4.69) is 35.5 Å². The molecule has 1 aromatic heterocycles. The second-order valence-corrected chi connectivity index (χ2v) is 3.91. The lowest BCUT2D eigenvalue weighted by Gasteiger charge is -2.00. The van der Waals surface area contributed by atoms with Gasteiger partial charge in [0.2, 0.25) is 0 Å². The summed E-state index contributed by atoms with van der Waals surface area (Å²) in [7, 11) is 3.97. The van der Waals surface area contributed by atoms with Gasteiger partial charge in [-0.1, -0.05) is 6.07 Å². The van der Waals surface area contributed by atoms with Gasteiger partial charge < -0.3 is 5.32 Å². The summed E-state index contributed by atoms with van der Waals surface area (Å²) in [5.41, 5.74) is 3.69. The smallest absolute Gasteiger partial charge is 0.0926 e. The Hall–Kier alpha value is -1.35. The zero-order valence-electron chi connectivity index (χ0n) is 9.54. The highest BCUT2D eigenvalue weighted by Gasteiger charge is 2.04. The largest absolute Gasteiger partial charge is 0.319 e. The molecule has 0 radical (unpaired) electrons. The maximum Gasteiger partial charge on any atom is 0.0926 e. The predicted octanol–water partition coefficient (Wildman–Crippen LogP) is 1.64. The topological polar surface area (TPSA) is 29.9 Å². The number of fused-ring (bicyclic) bond motifs is 1. The van der Waals surface area contributed by atoms with Gasteiger partial charge in [0.15, 0.2) is 0 Å². The summed E-state index contributed by atoms with van der Waals surface area (Å²) < 4.78 is 1.94. The Labute approximate surface area is 90.1 Å². The summed E-state index contributed by atoms with van der Waals surface area (Å²) in [6, 6.07) is 6.51. The predicted molar refractivity (Wildman–Crippen MR) is 63.1 cm³/mol. The second-order valence-electron chi connectivity index (χ2n) is 3.91. The number of aromatic nitrogens is 2. The van der Waals surface area contributed by atoms with Crippen molar-refractivity contribution in [3.8, 4) is 0 Å². The molecular formula is C12H17N3. The molecule has 1 aromatic carbocycles. The van der Waals surface area contributed by atoms with Crippen molar-refractivity contribution in [1.29, 1.82) is 0 Å². The zero-order chi connectivity index (χ0) is 10.8. The fourth-order valence-corrected chi connectivity index (χ4v) is 1.80. The van der Waals surface area contributed by atoms with Crippen molar-refractivity contribution >= 4 is 10.9 Å². The lowest BCUT2D eigenvalue weighted by Crippen LogP contribution is -2.10. The highest BCUT2D eigenvalue weighted by atomic mass is 15.3. The monoisotopic (exact) mass is 203 g/mol. The van der Waals surface area contributed by atoms with Crippen molar-refractivity contribution in [2.75, 3.05) is 13.6 Å². The molecule has 0 aliphatic heterocycles. The Bertz CT molecular complexity index is 471. The molecule has 0 bridgehead atoms. The van der Waals surface area contributed by atoms with Crippen LogP contribution in [0.3, 0.4) is 0 Å². The number of rotatable bonds is 3. The number of benzene rings is 1. The molecule has 0 saturated carbocycles. The van der Waals surface area contributed by atoms with Crippen LogP contribution in [0, 0.1) is 6.92 Å². The molecule has 80 valence electrons. The molecule has 0 saturated heterocycles. The quantitative estimate of drug-likeness (QED) is 0.822. The van der Waals surface area contributed by atoms with Crippen molar-refractivity contribution in [2.24, 2.45) is 7.05 Å². The first-order chi connectivity index (χ1) is 7.22. The molecule has 3 nitrogen and oxygen atoms in total. The van der Waals surface area contributed by atoms with Crippen molar-refractivity contribution < 1.29 is 0 Å². The van der Waals surface area contributed by atoms with E-state index < -0.39 is 0 Å². The molecular weight excluding hydrogens is 186 g/mol. The van der Waals surface area contributed by atoms with Gasteiger partial charge in [0.05, 0.1) is 5.52 Å². The molecule has 0 atom stereocenters. The van der Waals surface area contributed by atoms with Gasteiger partial charge in [-0.25, -0.2) is 0 Å². The minimum absolute atomic E-state index is 1.02. The Kier molecular flexibility index (Phi) is 2.73. The van der Waals surface area contributed by atoms with Crippen molar-refractivity contribution in [2.45, 2.75) is 13.3 Å². The molecule has 0 unspecified atom stereocenters. The van der Waals surface area contributed by atoms with Crippen LogP contribution in [0.5, 0.6) is 0 Å². The summed E-state index contributed by atoms with van der Waals surface area (Å²) in [4.78, 5) is 0. The summed E-state index contributed by atoms with van der Waals surface area (Å²) >= 11 is 0. The number of nitrogens with one attached hydrogen (secondary N) is 1. The van der Waals surface area contributed by atoms with E-state index >= 15 is 0 Å².